The summed E-state index contributed by atoms with van der Waals surface area (Å²) in [6.07, 6.45) is 5.34. The highest BCUT2D eigenvalue weighted by Gasteiger charge is 2.43. The van der Waals surface area contributed by atoms with E-state index in [1.807, 2.05) is 38.1 Å². The van der Waals surface area contributed by atoms with E-state index in [2.05, 4.69) is 34.6 Å². The highest BCUT2D eigenvalue weighted by molar-refractivity contribution is 6.09. The van der Waals surface area contributed by atoms with Crippen molar-refractivity contribution in [3.8, 4) is 5.75 Å². The summed E-state index contributed by atoms with van der Waals surface area (Å²) in [6.45, 7) is 8.12. The van der Waals surface area contributed by atoms with E-state index in [1.54, 1.807) is 19.4 Å². The number of ether oxygens (including phenoxy) is 1. The van der Waals surface area contributed by atoms with Crippen LogP contribution in [0, 0.1) is 22.5 Å². The minimum absolute atomic E-state index is 0.00580. The zero-order chi connectivity index (χ0) is 29.5. The predicted octanol–water partition coefficient (Wildman–Crippen LogP) is 4.21. The lowest BCUT2D eigenvalue weighted by Gasteiger charge is -2.39. The van der Waals surface area contributed by atoms with E-state index in [1.165, 1.54) is 17.1 Å². The molecule has 3 heterocycles. The van der Waals surface area contributed by atoms with Crippen LogP contribution in [0.3, 0.4) is 0 Å². The average molecular weight is 558 g/mol. The second-order valence-corrected chi connectivity index (χ2v) is 11.4. The van der Waals surface area contributed by atoms with Crippen LogP contribution in [-0.2, 0) is 16.1 Å². The van der Waals surface area contributed by atoms with Crippen LogP contribution in [0.5, 0.6) is 5.75 Å². The summed E-state index contributed by atoms with van der Waals surface area (Å²) in [7, 11) is 1.54. The van der Waals surface area contributed by atoms with Crippen LogP contribution < -0.4 is 20.4 Å². The normalized spacial score (nSPS) is 18.1. The van der Waals surface area contributed by atoms with E-state index in [9.17, 15) is 19.7 Å². The monoisotopic (exact) mass is 557 g/mol. The lowest BCUT2D eigenvalue weighted by Crippen LogP contribution is -2.39. The molecule has 0 saturated carbocycles. The third-order valence-electron chi connectivity index (χ3n) is 7.49. The van der Waals surface area contributed by atoms with E-state index in [4.69, 9.17) is 4.74 Å². The molecule has 1 unspecified atom stereocenters. The number of H-pyrrole nitrogens is 1. The Balaban J connectivity index is 1.61. The summed E-state index contributed by atoms with van der Waals surface area (Å²) in [6, 6.07) is 9.28. The van der Waals surface area contributed by atoms with Crippen LogP contribution >= 0.6 is 0 Å². The number of aromatic amines is 1. The van der Waals surface area contributed by atoms with Crippen molar-refractivity contribution in [2.75, 3.05) is 12.4 Å². The lowest BCUT2D eigenvalue weighted by atomic mass is 9.68. The summed E-state index contributed by atoms with van der Waals surface area (Å²) in [5, 5.41) is 21.7. The van der Waals surface area contributed by atoms with E-state index in [-0.39, 0.29) is 29.3 Å². The molecule has 11 nitrogen and oxygen atoms in total. The van der Waals surface area contributed by atoms with Gasteiger partial charge in [0.05, 0.1) is 30.3 Å². The van der Waals surface area contributed by atoms with Gasteiger partial charge in [-0.15, -0.1) is 0 Å². The van der Waals surface area contributed by atoms with Crippen molar-refractivity contribution < 1.29 is 24.2 Å². The topological polar surface area (TPSA) is 143 Å². The van der Waals surface area contributed by atoms with Crippen molar-refractivity contribution in [2.24, 2.45) is 5.41 Å². The molecule has 1 atom stereocenters. The van der Waals surface area contributed by atoms with Gasteiger partial charge in [0.1, 0.15) is 18.1 Å². The van der Waals surface area contributed by atoms with Gasteiger partial charge in [-0.1, -0.05) is 19.9 Å². The van der Waals surface area contributed by atoms with Gasteiger partial charge in [-0.05, 0) is 55.0 Å². The number of dihydropyridines is 1. The van der Waals surface area contributed by atoms with E-state index in [0.717, 1.165) is 16.8 Å². The fourth-order valence-corrected chi connectivity index (χ4v) is 5.72. The molecule has 0 spiro atoms. The van der Waals surface area contributed by atoms with Gasteiger partial charge in [-0.25, -0.2) is 15.1 Å². The number of nitrogens with one attached hydrogen (secondary N) is 3. The van der Waals surface area contributed by atoms with Crippen molar-refractivity contribution in [3.05, 3.63) is 98.3 Å². The molecule has 212 valence electrons. The third-order valence-corrected chi connectivity index (χ3v) is 7.49. The molecule has 0 bridgehead atoms. The smallest absolute Gasteiger partial charge is 0.337 e. The summed E-state index contributed by atoms with van der Waals surface area (Å²) in [4.78, 5) is 41.3. The molecule has 1 amide bonds. The number of methoxy groups -OCH3 is 1. The number of carbonyl (C=O) groups is 2. The minimum Gasteiger partial charge on any atom is -0.496 e. The molecule has 1 aliphatic heterocycles. The number of benzene rings is 1. The molecule has 11 heteroatoms. The summed E-state index contributed by atoms with van der Waals surface area (Å²) >= 11 is 0. The van der Waals surface area contributed by atoms with Gasteiger partial charge in [0.2, 0.25) is 0 Å². The molecule has 2 aliphatic rings. The van der Waals surface area contributed by atoms with Gasteiger partial charge in [-0.2, -0.15) is 5.10 Å². The largest absolute Gasteiger partial charge is 0.496 e. The van der Waals surface area contributed by atoms with E-state index in [0.29, 0.717) is 46.8 Å². The Morgan fingerprint density at radius 3 is 2.73 bits per heavy atom. The van der Waals surface area contributed by atoms with Gasteiger partial charge >= 0.3 is 11.6 Å². The first-order valence-corrected chi connectivity index (χ1v) is 13.3. The number of aryl methyl sites for hydroxylation is 1. The molecule has 2 aromatic heterocycles. The number of Topliss-reactive ketones (excluding diaryl/α,β-unsaturated/α-hetero) is 1. The molecule has 41 heavy (non-hydrogen) atoms. The Morgan fingerprint density at radius 1 is 1.27 bits per heavy atom. The standard InChI is InChI=1S/C30H32N6O5/c1-17-8-9-31-25(10-17)34-29(38)26-18(2)33-22-12-30(3,4)13-23(37)28(22)27(26)19-6-7-24(41-5)20(11-19)15-35-16-21(14-32-35)36(39)40/h6-11,14,16,27,33H,12-13,15H2,1-5H3,(H,31,34,38)/p+1. The molecule has 1 aromatic carbocycles. The first-order valence-electron chi connectivity index (χ1n) is 13.3. The third kappa shape index (κ3) is 5.60. The number of hydrogen-bond donors (Lipinski definition) is 2. The van der Waals surface area contributed by atoms with E-state index < -0.39 is 10.8 Å². The maximum atomic E-state index is 13.9. The fraction of sp³-hybridized carbons (Fsp3) is 0.333. The molecule has 0 saturated heterocycles. The van der Waals surface area contributed by atoms with Crippen LogP contribution in [0.4, 0.5) is 11.5 Å². The molecule has 3 aromatic rings. The minimum atomic E-state index is -0.628. The zero-order valence-electron chi connectivity index (χ0n) is 23.7. The number of rotatable bonds is 7. The summed E-state index contributed by atoms with van der Waals surface area (Å²) in [5.41, 5.74) is 4.61. The first-order chi connectivity index (χ1) is 19.5. The number of hydrogen-bond acceptors (Lipinski definition) is 7. The van der Waals surface area contributed by atoms with Crippen molar-refractivity contribution in [1.29, 1.82) is 0 Å². The summed E-state index contributed by atoms with van der Waals surface area (Å²) < 4.78 is 7.05. The van der Waals surface area contributed by atoms with Gasteiger partial charge in [0, 0.05) is 40.9 Å². The quantitative estimate of drug-likeness (QED) is 0.327. The second kappa shape index (κ2) is 10.6. The van der Waals surface area contributed by atoms with Crippen molar-refractivity contribution in [1.82, 2.24) is 15.1 Å². The van der Waals surface area contributed by atoms with Crippen molar-refractivity contribution >= 4 is 23.2 Å². The molecule has 1 aliphatic carbocycles. The SMILES string of the molecule is COc1ccc(C2C(C(=O)Nc3cc(C)cc[nH+]3)=C(C)NC3=C2C(=O)CC(C)(C)C3)cc1Cn1cc([N+](=O)[O-])cn1. The first kappa shape index (κ1) is 27.8. The van der Waals surface area contributed by atoms with Gasteiger partial charge in [-0.3, -0.25) is 19.6 Å². The fourth-order valence-electron chi connectivity index (χ4n) is 5.72. The highest BCUT2D eigenvalue weighted by atomic mass is 16.6. The van der Waals surface area contributed by atoms with Crippen LogP contribution in [0.2, 0.25) is 0 Å². The Hall–Kier alpha value is -4.80. The average Bonchev–Trinajstić information content (AvgIpc) is 3.36. The number of ketones is 1. The maximum absolute atomic E-state index is 13.9. The number of nitrogens with zero attached hydrogens (tertiary/aromatic N) is 3. The Morgan fingerprint density at radius 2 is 2.05 bits per heavy atom. The molecular weight excluding hydrogens is 524 g/mol. The van der Waals surface area contributed by atoms with E-state index >= 15 is 0 Å². The van der Waals surface area contributed by atoms with Crippen molar-refractivity contribution in [2.45, 2.75) is 53.0 Å². The van der Waals surface area contributed by atoms with Gasteiger partial charge < -0.3 is 10.1 Å². The molecule has 5 rings (SSSR count). The van der Waals surface area contributed by atoms with Crippen LogP contribution in [-0.4, -0.2) is 33.5 Å². The molecule has 3 N–H and O–H groups in total. The number of carbonyl (C=O) groups excluding carboxylic acids is 2. The Kier molecular flexibility index (Phi) is 7.20. The molecule has 0 fully saturated rings. The van der Waals surface area contributed by atoms with Crippen molar-refractivity contribution in [3.63, 3.8) is 0 Å². The number of allylic oxidation sites excluding steroid dienone is 3. The Labute approximate surface area is 237 Å². The predicted molar refractivity (Wildman–Crippen MR) is 151 cm³/mol. The maximum Gasteiger partial charge on any atom is 0.337 e. The summed E-state index contributed by atoms with van der Waals surface area (Å²) in [5.74, 6) is 0.143. The number of pyridine rings is 1. The lowest BCUT2D eigenvalue weighted by molar-refractivity contribution is -0.385. The van der Waals surface area contributed by atoms with Gasteiger partial charge in [0.25, 0.3) is 5.82 Å². The number of aromatic nitrogens is 3. The zero-order valence-corrected chi connectivity index (χ0v) is 23.7. The van der Waals surface area contributed by atoms with Crippen LogP contribution in [0.15, 0.2) is 71.5 Å². The highest BCUT2D eigenvalue weighted by Crippen LogP contribution is 2.47. The number of nitro groups is 1. The number of amides is 1. The van der Waals surface area contributed by atoms with Crippen LogP contribution in [0.25, 0.3) is 0 Å². The van der Waals surface area contributed by atoms with Gasteiger partial charge in [0.15, 0.2) is 5.78 Å². The van der Waals surface area contributed by atoms with Crippen LogP contribution in [0.1, 0.15) is 56.2 Å². The molecule has 0 radical (unpaired) electrons. The second-order valence-electron chi connectivity index (χ2n) is 11.4. The molecular formula is C30H33N6O5+. The number of anilines is 1. The Bertz CT molecular complexity index is 1630.